The van der Waals surface area contributed by atoms with Crippen LogP contribution < -0.4 is 19.8 Å². The van der Waals surface area contributed by atoms with Crippen molar-refractivity contribution in [2.24, 2.45) is 5.92 Å². The summed E-state index contributed by atoms with van der Waals surface area (Å²) in [6, 6.07) is 27.8. The molecule has 3 heterocycles. The Kier molecular flexibility index (Phi) is 7.39. The molecule has 5 aromatic rings. The van der Waals surface area contributed by atoms with E-state index in [4.69, 9.17) is 4.74 Å². The number of nitrogens with one attached hydrogen (secondary N) is 1. The summed E-state index contributed by atoms with van der Waals surface area (Å²) in [4.78, 5) is 56.3. The molecule has 1 saturated heterocycles. The lowest BCUT2D eigenvalue weighted by Crippen LogP contribution is -2.33. The zero-order valence-electron chi connectivity index (χ0n) is 23.2. The minimum absolute atomic E-state index is 0.237. The molecule has 1 aromatic heterocycles. The number of thiazole rings is 1. The van der Waals surface area contributed by atoms with Gasteiger partial charge in [-0.25, -0.2) is 4.90 Å². The van der Waals surface area contributed by atoms with E-state index in [1.807, 2.05) is 60.7 Å². The van der Waals surface area contributed by atoms with Crippen LogP contribution in [-0.4, -0.2) is 34.6 Å². The van der Waals surface area contributed by atoms with Crippen LogP contribution in [0.15, 0.2) is 105 Å². The lowest BCUT2D eigenvalue weighted by molar-refractivity contribution is -0.122. The Bertz CT molecular complexity index is 2020. The van der Waals surface area contributed by atoms with Crippen LogP contribution in [0.1, 0.15) is 16.4 Å². The molecule has 3 atom stereocenters. The van der Waals surface area contributed by atoms with E-state index in [1.54, 1.807) is 37.4 Å². The molecule has 8 nitrogen and oxygen atoms in total. The SMILES string of the molecule is COc1ccccc1[C@H]1c2sc(=O)n(CC(=O)Nc3ccc4ccccc4c3)c2SC2C(=O)N(c3ccc(Br)cc3)C(=O)C21. The normalized spacial score (nSPS) is 19.1. The van der Waals surface area contributed by atoms with E-state index in [2.05, 4.69) is 21.2 Å². The zero-order chi connectivity index (χ0) is 30.5. The maximum absolute atomic E-state index is 14.1. The van der Waals surface area contributed by atoms with Crippen molar-refractivity contribution >= 4 is 78.9 Å². The van der Waals surface area contributed by atoms with Crippen LogP contribution in [-0.2, 0) is 20.9 Å². The standard InChI is InChI=1S/C33H24BrN3O5S2/c1-42-24-9-5-4-8-23(24)26-27-28(31(40)37(30(27)39)22-14-11-20(34)12-15-22)43-32-29(26)44-33(41)36(32)17-25(38)35-21-13-10-18-6-2-3-7-19(18)16-21/h2-16,26-28H,17H2,1H3,(H,35,38)/t26-,27?,28?/m1/s1. The second-order valence-corrected chi connectivity index (χ2v) is 13.5. The first-order valence-corrected chi connectivity index (χ1v) is 16.3. The van der Waals surface area contributed by atoms with Crippen molar-refractivity contribution in [2.75, 3.05) is 17.3 Å². The van der Waals surface area contributed by atoms with Crippen LogP contribution in [0.3, 0.4) is 0 Å². The second kappa shape index (κ2) is 11.4. The number of carbonyl (C=O) groups excluding carboxylic acids is 3. The van der Waals surface area contributed by atoms with Gasteiger partial charge in [-0.15, -0.1) is 0 Å². The number of ether oxygens (including phenoxy) is 1. The predicted molar refractivity (Wildman–Crippen MR) is 176 cm³/mol. The van der Waals surface area contributed by atoms with Gasteiger partial charge < -0.3 is 10.1 Å². The average molecular weight is 687 g/mol. The molecular weight excluding hydrogens is 662 g/mol. The summed E-state index contributed by atoms with van der Waals surface area (Å²) >= 11 is 5.60. The first-order valence-electron chi connectivity index (χ1n) is 13.8. The molecule has 2 aliphatic rings. The number of imide groups is 1. The number of rotatable bonds is 6. The average Bonchev–Trinajstić information content (AvgIpc) is 3.47. The van der Waals surface area contributed by atoms with E-state index in [9.17, 15) is 19.2 Å². The van der Waals surface area contributed by atoms with E-state index < -0.39 is 17.1 Å². The van der Waals surface area contributed by atoms with Crippen molar-refractivity contribution in [1.29, 1.82) is 0 Å². The summed E-state index contributed by atoms with van der Waals surface area (Å²) in [5.74, 6) is -1.89. The van der Waals surface area contributed by atoms with Gasteiger partial charge in [0.2, 0.25) is 17.7 Å². The lowest BCUT2D eigenvalue weighted by atomic mass is 9.82. The Balaban J connectivity index is 1.28. The molecular formula is C33H24BrN3O5S2. The number of amides is 3. The molecule has 0 saturated carbocycles. The molecule has 220 valence electrons. The number of nitrogens with zero attached hydrogens (tertiary/aromatic N) is 2. The van der Waals surface area contributed by atoms with Crippen molar-refractivity contribution in [3.05, 3.63) is 116 Å². The Morgan fingerprint density at radius 2 is 1.64 bits per heavy atom. The fourth-order valence-corrected chi connectivity index (χ4v) is 9.00. The molecule has 2 aliphatic heterocycles. The Hall–Kier alpha value is -4.19. The summed E-state index contributed by atoms with van der Waals surface area (Å²) in [6.45, 7) is -0.237. The van der Waals surface area contributed by atoms with Gasteiger partial charge in [-0.1, -0.05) is 87.6 Å². The fraction of sp³-hybridized carbons (Fsp3) is 0.152. The number of fused-ring (bicyclic) bond motifs is 3. The molecule has 4 aromatic carbocycles. The fourth-order valence-electron chi connectivity index (χ4n) is 5.97. The van der Waals surface area contributed by atoms with Crippen molar-refractivity contribution < 1.29 is 19.1 Å². The number of hydrogen-bond donors (Lipinski definition) is 1. The van der Waals surface area contributed by atoms with Crippen LogP contribution in [0.2, 0.25) is 0 Å². The van der Waals surface area contributed by atoms with Crippen molar-refractivity contribution in [1.82, 2.24) is 4.57 Å². The number of thioether (sulfide) groups is 1. The van der Waals surface area contributed by atoms with Crippen molar-refractivity contribution in [2.45, 2.75) is 22.7 Å². The third-order valence-corrected chi connectivity index (χ3v) is 11.1. The molecule has 2 unspecified atom stereocenters. The van der Waals surface area contributed by atoms with Crippen molar-refractivity contribution in [3.63, 3.8) is 0 Å². The van der Waals surface area contributed by atoms with Gasteiger partial charge in [-0.3, -0.25) is 23.7 Å². The van der Waals surface area contributed by atoms with E-state index in [0.29, 0.717) is 32.6 Å². The highest BCUT2D eigenvalue weighted by Crippen LogP contribution is 2.55. The number of aromatic nitrogens is 1. The van der Waals surface area contributed by atoms with Crippen LogP contribution >= 0.6 is 39.0 Å². The number of carbonyl (C=O) groups is 3. The van der Waals surface area contributed by atoms with E-state index in [-0.39, 0.29) is 29.1 Å². The molecule has 3 amide bonds. The Morgan fingerprint density at radius 1 is 0.909 bits per heavy atom. The summed E-state index contributed by atoms with van der Waals surface area (Å²) in [7, 11) is 1.55. The van der Waals surface area contributed by atoms with Gasteiger partial charge in [0.15, 0.2) is 0 Å². The first kappa shape index (κ1) is 28.6. The quantitative estimate of drug-likeness (QED) is 0.212. The van der Waals surface area contributed by atoms with E-state index in [1.165, 1.54) is 21.2 Å². The molecule has 44 heavy (non-hydrogen) atoms. The van der Waals surface area contributed by atoms with Crippen LogP contribution in [0, 0.1) is 5.92 Å². The summed E-state index contributed by atoms with van der Waals surface area (Å²) in [5.41, 5.74) is 1.80. The van der Waals surface area contributed by atoms with Gasteiger partial charge >= 0.3 is 4.87 Å². The third kappa shape index (κ3) is 4.85. The highest BCUT2D eigenvalue weighted by atomic mass is 79.9. The molecule has 0 aliphatic carbocycles. The van der Waals surface area contributed by atoms with Gasteiger partial charge in [-0.05, 0) is 53.2 Å². The van der Waals surface area contributed by atoms with Crippen molar-refractivity contribution in [3.8, 4) is 5.75 Å². The summed E-state index contributed by atoms with van der Waals surface area (Å²) < 4.78 is 7.92. The molecule has 0 radical (unpaired) electrons. The second-order valence-electron chi connectivity index (χ2n) is 10.5. The lowest BCUT2D eigenvalue weighted by Gasteiger charge is -2.31. The molecule has 1 N–H and O–H groups in total. The van der Waals surface area contributed by atoms with Gasteiger partial charge in [0, 0.05) is 26.5 Å². The topological polar surface area (TPSA) is 97.7 Å². The molecule has 0 spiro atoms. The van der Waals surface area contributed by atoms with E-state index >= 15 is 0 Å². The third-order valence-electron chi connectivity index (χ3n) is 7.94. The molecule has 1 fully saturated rings. The van der Waals surface area contributed by atoms with Gasteiger partial charge in [0.1, 0.15) is 17.5 Å². The van der Waals surface area contributed by atoms with Crippen LogP contribution in [0.4, 0.5) is 11.4 Å². The summed E-state index contributed by atoms with van der Waals surface area (Å²) in [6.07, 6.45) is 0. The number of methoxy groups -OCH3 is 1. The van der Waals surface area contributed by atoms with E-state index in [0.717, 1.165) is 26.6 Å². The highest BCUT2D eigenvalue weighted by molar-refractivity contribution is 9.10. The maximum Gasteiger partial charge on any atom is 0.308 e. The first-order chi connectivity index (χ1) is 21.3. The monoisotopic (exact) mass is 685 g/mol. The number of benzene rings is 4. The number of anilines is 2. The Labute approximate surface area is 268 Å². The molecule has 7 rings (SSSR count). The van der Waals surface area contributed by atoms with Crippen LogP contribution in [0.5, 0.6) is 5.75 Å². The van der Waals surface area contributed by atoms with Gasteiger partial charge in [-0.2, -0.15) is 0 Å². The van der Waals surface area contributed by atoms with Gasteiger partial charge in [0.05, 0.1) is 23.7 Å². The minimum atomic E-state index is -0.794. The number of halogens is 1. The largest absolute Gasteiger partial charge is 0.496 e. The van der Waals surface area contributed by atoms with Crippen LogP contribution in [0.25, 0.3) is 10.8 Å². The van der Waals surface area contributed by atoms with Gasteiger partial charge in [0.25, 0.3) is 0 Å². The summed E-state index contributed by atoms with van der Waals surface area (Å²) in [5, 5.41) is 4.66. The number of hydrogen-bond acceptors (Lipinski definition) is 7. The molecule has 11 heteroatoms. The minimum Gasteiger partial charge on any atom is -0.496 e. The smallest absolute Gasteiger partial charge is 0.308 e. The molecule has 0 bridgehead atoms. The predicted octanol–water partition coefficient (Wildman–Crippen LogP) is 6.27. The Morgan fingerprint density at radius 3 is 2.41 bits per heavy atom. The number of para-hydroxylation sites is 1. The zero-order valence-corrected chi connectivity index (χ0v) is 26.4. The maximum atomic E-state index is 14.1. The highest BCUT2D eigenvalue weighted by Gasteiger charge is 2.57.